The number of cyclic esters (lactones) is 1. The second kappa shape index (κ2) is 4.03. The van der Waals surface area contributed by atoms with Gasteiger partial charge in [0.05, 0.1) is 12.2 Å². The fraction of sp³-hybridized carbons (Fsp3) is 0.727. The first-order valence-electron chi connectivity index (χ1n) is 4.97. The molecule has 1 heterocycles. The van der Waals surface area contributed by atoms with Crippen LogP contribution in [0.2, 0.25) is 0 Å². The minimum absolute atomic E-state index is 0.0361. The van der Waals surface area contributed by atoms with Gasteiger partial charge < -0.3 is 9.47 Å². The highest BCUT2D eigenvalue weighted by Crippen LogP contribution is 2.31. The maximum atomic E-state index is 10.8. The van der Waals surface area contributed by atoms with Crippen LogP contribution in [-0.4, -0.2) is 18.7 Å². The van der Waals surface area contributed by atoms with Gasteiger partial charge in [0.2, 0.25) is 0 Å². The fourth-order valence-electron chi connectivity index (χ4n) is 1.12. The molecule has 0 radical (unpaired) electrons. The molecule has 0 spiro atoms. The number of carbonyl (C=O) groups is 1. The molecule has 0 aromatic heterocycles. The van der Waals surface area contributed by atoms with Crippen LogP contribution in [0, 0.1) is 5.41 Å². The van der Waals surface area contributed by atoms with E-state index in [0.717, 1.165) is 12.2 Å². The van der Waals surface area contributed by atoms with Crippen molar-refractivity contribution in [1.29, 1.82) is 0 Å². The Bertz CT molecular complexity index is 243. The standard InChI is InChI=1S/C11H18O3/c1-5-11(3,4)8(2)14-9-6-10(12)13-7-9/h9H,2,5-7H2,1,3-4H3. The third-order valence-corrected chi connectivity index (χ3v) is 2.77. The lowest BCUT2D eigenvalue weighted by Gasteiger charge is -2.27. The molecule has 1 fully saturated rings. The van der Waals surface area contributed by atoms with Crippen LogP contribution in [0.15, 0.2) is 12.3 Å². The number of rotatable bonds is 4. The van der Waals surface area contributed by atoms with Gasteiger partial charge >= 0.3 is 5.97 Å². The van der Waals surface area contributed by atoms with Crippen LogP contribution in [0.3, 0.4) is 0 Å². The van der Waals surface area contributed by atoms with Gasteiger partial charge in [-0.05, 0) is 6.42 Å². The quantitative estimate of drug-likeness (QED) is 0.513. The molecular weight excluding hydrogens is 180 g/mol. The van der Waals surface area contributed by atoms with Gasteiger partial charge in [0.25, 0.3) is 0 Å². The van der Waals surface area contributed by atoms with Gasteiger partial charge in [-0.25, -0.2) is 0 Å². The molecule has 1 aliphatic heterocycles. The molecule has 1 atom stereocenters. The molecule has 0 aliphatic carbocycles. The summed E-state index contributed by atoms with van der Waals surface area (Å²) in [5, 5.41) is 0. The summed E-state index contributed by atoms with van der Waals surface area (Å²) < 4.78 is 10.4. The molecule has 0 bridgehead atoms. The second-order valence-corrected chi connectivity index (χ2v) is 4.29. The van der Waals surface area contributed by atoms with Crippen molar-refractivity contribution >= 4 is 5.97 Å². The molecule has 0 N–H and O–H groups in total. The first kappa shape index (κ1) is 11.1. The number of esters is 1. The van der Waals surface area contributed by atoms with E-state index in [1.165, 1.54) is 0 Å². The maximum Gasteiger partial charge on any atom is 0.309 e. The number of ether oxygens (including phenoxy) is 2. The molecular formula is C11H18O3. The van der Waals surface area contributed by atoms with Crippen molar-refractivity contribution in [2.75, 3.05) is 6.61 Å². The van der Waals surface area contributed by atoms with Crippen LogP contribution in [-0.2, 0) is 14.3 Å². The molecule has 1 unspecified atom stereocenters. The predicted octanol–water partition coefficient (Wildman–Crippen LogP) is 2.27. The Morgan fingerprint density at radius 1 is 1.71 bits per heavy atom. The van der Waals surface area contributed by atoms with Gasteiger partial charge in [0, 0.05) is 5.41 Å². The number of allylic oxidation sites excluding steroid dienone is 1. The highest BCUT2D eigenvalue weighted by atomic mass is 16.6. The van der Waals surface area contributed by atoms with E-state index in [2.05, 4.69) is 27.4 Å². The maximum absolute atomic E-state index is 10.8. The van der Waals surface area contributed by atoms with E-state index in [4.69, 9.17) is 9.47 Å². The number of hydrogen-bond donors (Lipinski definition) is 0. The van der Waals surface area contributed by atoms with Gasteiger partial charge in [0.15, 0.2) is 0 Å². The van der Waals surface area contributed by atoms with Crippen molar-refractivity contribution in [1.82, 2.24) is 0 Å². The number of hydrogen-bond acceptors (Lipinski definition) is 3. The van der Waals surface area contributed by atoms with E-state index >= 15 is 0 Å². The molecule has 1 aliphatic rings. The topological polar surface area (TPSA) is 35.5 Å². The van der Waals surface area contributed by atoms with Crippen LogP contribution < -0.4 is 0 Å². The number of carbonyl (C=O) groups excluding carboxylic acids is 1. The minimum atomic E-state index is -0.183. The SMILES string of the molecule is C=C(OC1COC(=O)C1)C(C)(C)CC. The van der Waals surface area contributed by atoms with Gasteiger partial charge in [-0.2, -0.15) is 0 Å². The minimum Gasteiger partial charge on any atom is -0.491 e. The average molecular weight is 198 g/mol. The molecule has 1 saturated heterocycles. The Labute approximate surface area is 85.1 Å². The smallest absolute Gasteiger partial charge is 0.309 e. The normalized spacial score (nSPS) is 21.9. The molecule has 0 aromatic rings. The van der Waals surface area contributed by atoms with Crippen LogP contribution in [0.4, 0.5) is 0 Å². The van der Waals surface area contributed by atoms with E-state index in [0.29, 0.717) is 13.0 Å². The second-order valence-electron chi connectivity index (χ2n) is 4.29. The molecule has 80 valence electrons. The summed E-state index contributed by atoms with van der Waals surface area (Å²) in [5.74, 6) is 0.556. The van der Waals surface area contributed by atoms with E-state index in [1.807, 2.05) is 0 Å². The molecule has 0 amide bonds. The van der Waals surface area contributed by atoms with Gasteiger partial charge in [-0.3, -0.25) is 4.79 Å². The highest BCUT2D eigenvalue weighted by Gasteiger charge is 2.29. The first-order valence-corrected chi connectivity index (χ1v) is 4.97. The van der Waals surface area contributed by atoms with Crippen molar-refractivity contribution in [3.05, 3.63) is 12.3 Å². The third kappa shape index (κ3) is 2.50. The summed E-state index contributed by atoms with van der Waals surface area (Å²) in [6.07, 6.45) is 1.17. The van der Waals surface area contributed by atoms with Crippen LogP contribution in [0.25, 0.3) is 0 Å². The Morgan fingerprint density at radius 3 is 2.79 bits per heavy atom. The van der Waals surface area contributed by atoms with Crippen LogP contribution in [0.5, 0.6) is 0 Å². The lowest BCUT2D eigenvalue weighted by atomic mass is 9.88. The summed E-state index contributed by atoms with van der Waals surface area (Å²) in [6.45, 7) is 10.5. The van der Waals surface area contributed by atoms with E-state index in [9.17, 15) is 4.79 Å². The Hall–Kier alpha value is -0.990. The zero-order chi connectivity index (χ0) is 10.8. The van der Waals surface area contributed by atoms with Gasteiger partial charge in [0.1, 0.15) is 12.7 Å². The molecule has 0 saturated carbocycles. The molecule has 0 aromatic carbocycles. The van der Waals surface area contributed by atoms with Gasteiger partial charge in [-0.1, -0.05) is 27.4 Å². The van der Waals surface area contributed by atoms with Crippen molar-refractivity contribution < 1.29 is 14.3 Å². The average Bonchev–Trinajstić information content (AvgIpc) is 2.51. The largest absolute Gasteiger partial charge is 0.491 e. The molecule has 14 heavy (non-hydrogen) atoms. The molecule has 1 rings (SSSR count). The van der Waals surface area contributed by atoms with E-state index in [-0.39, 0.29) is 17.5 Å². The Balaban J connectivity index is 2.45. The Morgan fingerprint density at radius 2 is 2.36 bits per heavy atom. The van der Waals surface area contributed by atoms with Crippen molar-refractivity contribution in [3.63, 3.8) is 0 Å². The summed E-state index contributed by atoms with van der Waals surface area (Å²) in [4.78, 5) is 10.8. The third-order valence-electron chi connectivity index (χ3n) is 2.77. The molecule has 3 heteroatoms. The van der Waals surface area contributed by atoms with E-state index in [1.54, 1.807) is 0 Å². The van der Waals surface area contributed by atoms with Crippen LogP contribution >= 0.6 is 0 Å². The van der Waals surface area contributed by atoms with Gasteiger partial charge in [-0.15, -0.1) is 0 Å². The lowest BCUT2D eigenvalue weighted by molar-refractivity contribution is -0.137. The first-order chi connectivity index (χ1) is 6.45. The van der Waals surface area contributed by atoms with Crippen molar-refractivity contribution in [3.8, 4) is 0 Å². The summed E-state index contributed by atoms with van der Waals surface area (Å²) in [6, 6.07) is 0. The monoisotopic (exact) mass is 198 g/mol. The zero-order valence-electron chi connectivity index (χ0n) is 9.13. The summed E-state index contributed by atoms with van der Waals surface area (Å²) in [5.41, 5.74) is -0.0361. The summed E-state index contributed by atoms with van der Waals surface area (Å²) >= 11 is 0. The highest BCUT2D eigenvalue weighted by molar-refractivity contribution is 5.71. The zero-order valence-corrected chi connectivity index (χ0v) is 9.13. The van der Waals surface area contributed by atoms with Crippen molar-refractivity contribution in [2.24, 2.45) is 5.41 Å². The fourth-order valence-corrected chi connectivity index (χ4v) is 1.12. The van der Waals surface area contributed by atoms with Crippen molar-refractivity contribution in [2.45, 2.75) is 39.7 Å². The Kier molecular flexibility index (Phi) is 3.19. The molecule has 3 nitrogen and oxygen atoms in total. The lowest BCUT2D eigenvalue weighted by Crippen LogP contribution is -2.21. The predicted molar refractivity (Wildman–Crippen MR) is 53.7 cm³/mol. The summed E-state index contributed by atoms with van der Waals surface area (Å²) in [7, 11) is 0. The van der Waals surface area contributed by atoms with Crippen LogP contribution in [0.1, 0.15) is 33.6 Å². The van der Waals surface area contributed by atoms with E-state index < -0.39 is 0 Å².